The Morgan fingerprint density at radius 1 is 1.41 bits per heavy atom. The molecule has 3 heterocycles. The van der Waals surface area contributed by atoms with E-state index in [9.17, 15) is 4.79 Å². The van der Waals surface area contributed by atoms with E-state index in [4.69, 9.17) is 9.47 Å². The number of ether oxygens (including phenoxy) is 2. The molecule has 0 radical (unpaired) electrons. The highest BCUT2D eigenvalue weighted by Crippen LogP contribution is 2.29. The maximum atomic E-state index is 11.3. The number of nitrogens with zero attached hydrogens (tertiary/aromatic N) is 2. The molecule has 114 valence electrons. The second-order valence-electron chi connectivity index (χ2n) is 5.56. The van der Waals surface area contributed by atoms with E-state index in [2.05, 4.69) is 16.0 Å². The number of hydrogen-bond donors (Lipinski definition) is 0. The molecule has 2 aromatic rings. The van der Waals surface area contributed by atoms with Crippen molar-refractivity contribution >= 4 is 17.3 Å². The van der Waals surface area contributed by atoms with Gasteiger partial charge in [-0.05, 0) is 11.6 Å². The van der Waals surface area contributed by atoms with Gasteiger partial charge >= 0.3 is 5.97 Å². The summed E-state index contributed by atoms with van der Waals surface area (Å²) in [7, 11) is 0. The third-order valence-corrected chi connectivity index (χ3v) is 4.84. The van der Waals surface area contributed by atoms with Gasteiger partial charge in [0.25, 0.3) is 0 Å². The molecule has 22 heavy (non-hydrogen) atoms. The van der Waals surface area contributed by atoms with Gasteiger partial charge in [-0.15, -0.1) is 11.3 Å². The summed E-state index contributed by atoms with van der Waals surface area (Å²) in [6.07, 6.45) is 2.26. The van der Waals surface area contributed by atoms with Crippen LogP contribution in [0.15, 0.2) is 29.8 Å². The lowest BCUT2D eigenvalue weighted by atomic mass is 10.1. The Bertz CT molecular complexity index is 687. The van der Waals surface area contributed by atoms with Crippen LogP contribution in [0.2, 0.25) is 0 Å². The highest BCUT2D eigenvalue weighted by molar-refractivity contribution is 7.09. The molecule has 6 heteroatoms. The monoisotopic (exact) mass is 316 g/mol. The summed E-state index contributed by atoms with van der Waals surface area (Å²) in [4.78, 5) is 18.0. The first-order valence-corrected chi connectivity index (χ1v) is 8.22. The zero-order valence-corrected chi connectivity index (χ0v) is 12.8. The van der Waals surface area contributed by atoms with Crippen molar-refractivity contribution in [2.45, 2.75) is 19.1 Å². The van der Waals surface area contributed by atoms with Gasteiger partial charge in [0, 0.05) is 36.8 Å². The summed E-state index contributed by atoms with van der Waals surface area (Å²) in [5.74, 6) is 0.551. The van der Waals surface area contributed by atoms with Crippen LogP contribution in [-0.4, -0.2) is 35.5 Å². The molecule has 2 aliphatic rings. The number of aromatic nitrogens is 1. The zero-order chi connectivity index (χ0) is 14.9. The first kappa shape index (κ1) is 13.9. The van der Waals surface area contributed by atoms with Crippen molar-refractivity contribution in [3.05, 3.63) is 45.9 Å². The average molecular weight is 316 g/mol. The lowest BCUT2D eigenvalue weighted by molar-refractivity contribution is -0.131. The number of morpholine rings is 1. The molecule has 0 N–H and O–H groups in total. The molecule has 1 aromatic heterocycles. The van der Waals surface area contributed by atoms with Crippen molar-refractivity contribution in [3.63, 3.8) is 0 Å². The number of fused-ring (bicyclic) bond motifs is 1. The van der Waals surface area contributed by atoms with Crippen LogP contribution in [0.5, 0.6) is 5.75 Å². The fourth-order valence-electron chi connectivity index (χ4n) is 2.90. The third-order valence-electron chi connectivity index (χ3n) is 3.97. The summed E-state index contributed by atoms with van der Waals surface area (Å²) in [6, 6.07) is 6.05. The molecule has 0 amide bonds. The molecule has 0 aliphatic carbocycles. The third kappa shape index (κ3) is 2.77. The topological polar surface area (TPSA) is 51.7 Å². The Labute approximate surface area is 132 Å². The number of carbonyl (C=O) groups is 1. The minimum atomic E-state index is -0.164. The fraction of sp³-hybridized carbons (Fsp3) is 0.375. The largest absolute Gasteiger partial charge is 0.426 e. The molecule has 2 aliphatic heterocycles. The predicted octanol–water partition coefficient (Wildman–Crippen LogP) is 2.18. The van der Waals surface area contributed by atoms with Crippen molar-refractivity contribution in [2.75, 3.05) is 19.7 Å². The van der Waals surface area contributed by atoms with Gasteiger partial charge in [0.05, 0.1) is 13.0 Å². The van der Waals surface area contributed by atoms with E-state index in [0.29, 0.717) is 18.8 Å². The van der Waals surface area contributed by atoms with Crippen LogP contribution >= 0.6 is 11.3 Å². The summed E-state index contributed by atoms with van der Waals surface area (Å²) in [6.45, 7) is 3.28. The molecule has 1 atom stereocenters. The Morgan fingerprint density at radius 3 is 3.23 bits per heavy atom. The second-order valence-corrected chi connectivity index (χ2v) is 6.48. The molecule has 4 rings (SSSR count). The van der Waals surface area contributed by atoms with Crippen LogP contribution in [-0.2, 0) is 22.5 Å². The molecule has 0 spiro atoms. The zero-order valence-electron chi connectivity index (χ0n) is 12.0. The van der Waals surface area contributed by atoms with Gasteiger partial charge in [-0.1, -0.05) is 12.1 Å². The molecular formula is C16H16N2O3S. The van der Waals surface area contributed by atoms with Crippen molar-refractivity contribution in [1.82, 2.24) is 9.88 Å². The molecule has 5 nitrogen and oxygen atoms in total. The Morgan fingerprint density at radius 2 is 2.36 bits per heavy atom. The lowest BCUT2D eigenvalue weighted by Crippen LogP contribution is -2.37. The molecule has 1 saturated heterocycles. The van der Waals surface area contributed by atoms with Crippen LogP contribution in [0.25, 0.3) is 0 Å². The molecule has 1 fully saturated rings. The number of thiazole rings is 1. The van der Waals surface area contributed by atoms with E-state index < -0.39 is 0 Å². The normalized spacial score (nSPS) is 21.6. The van der Waals surface area contributed by atoms with Crippen LogP contribution in [0, 0.1) is 0 Å². The highest BCUT2D eigenvalue weighted by Gasteiger charge is 2.25. The standard InChI is InChI=1S/C16H16N2O3S/c19-15-8-12-2-1-11(7-13(12)21-15)9-18-4-5-20-14(10-18)16-17-3-6-22-16/h1-3,6-7,14H,4-5,8-10H2. The van der Waals surface area contributed by atoms with Gasteiger partial charge in [0.1, 0.15) is 16.9 Å². The van der Waals surface area contributed by atoms with Gasteiger partial charge in [0.15, 0.2) is 0 Å². The first-order valence-electron chi connectivity index (χ1n) is 7.34. The predicted molar refractivity (Wildman–Crippen MR) is 81.9 cm³/mol. The van der Waals surface area contributed by atoms with Crippen LogP contribution < -0.4 is 4.74 Å². The maximum absolute atomic E-state index is 11.3. The van der Waals surface area contributed by atoms with Crippen molar-refractivity contribution < 1.29 is 14.3 Å². The van der Waals surface area contributed by atoms with Gasteiger partial charge < -0.3 is 9.47 Å². The Balaban J connectivity index is 1.45. The second kappa shape index (κ2) is 5.79. The first-order chi connectivity index (χ1) is 10.8. The molecule has 0 bridgehead atoms. The number of carbonyl (C=O) groups excluding carboxylic acids is 1. The Hall–Kier alpha value is -1.76. The Kier molecular flexibility index (Phi) is 3.65. The summed E-state index contributed by atoms with van der Waals surface area (Å²) in [5.41, 5.74) is 2.14. The fourth-order valence-corrected chi connectivity index (χ4v) is 3.58. The number of esters is 1. The van der Waals surface area contributed by atoms with Crippen molar-refractivity contribution in [3.8, 4) is 5.75 Å². The van der Waals surface area contributed by atoms with Crippen LogP contribution in [0.1, 0.15) is 22.2 Å². The maximum Gasteiger partial charge on any atom is 0.315 e. The van der Waals surface area contributed by atoms with Crippen molar-refractivity contribution in [2.24, 2.45) is 0 Å². The van der Waals surface area contributed by atoms with E-state index >= 15 is 0 Å². The van der Waals surface area contributed by atoms with Gasteiger partial charge in [-0.2, -0.15) is 0 Å². The molecule has 1 unspecified atom stereocenters. The van der Waals surface area contributed by atoms with Crippen LogP contribution in [0.4, 0.5) is 0 Å². The lowest BCUT2D eigenvalue weighted by Gasteiger charge is -2.32. The number of rotatable bonds is 3. The van der Waals surface area contributed by atoms with Gasteiger partial charge in [-0.25, -0.2) is 4.98 Å². The minimum absolute atomic E-state index is 0.0565. The summed E-state index contributed by atoms with van der Waals surface area (Å²) < 4.78 is 11.0. The molecular weight excluding hydrogens is 300 g/mol. The average Bonchev–Trinajstić information content (AvgIpc) is 3.15. The quantitative estimate of drug-likeness (QED) is 0.642. The highest BCUT2D eigenvalue weighted by atomic mass is 32.1. The number of hydrogen-bond acceptors (Lipinski definition) is 6. The van der Waals surface area contributed by atoms with Gasteiger partial charge in [-0.3, -0.25) is 9.69 Å². The smallest absolute Gasteiger partial charge is 0.315 e. The molecule has 0 saturated carbocycles. The number of benzene rings is 1. The van der Waals surface area contributed by atoms with E-state index in [-0.39, 0.29) is 12.1 Å². The summed E-state index contributed by atoms with van der Waals surface area (Å²) in [5, 5.41) is 3.01. The van der Waals surface area contributed by atoms with Crippen LogP contribution in [0.3, 0.4) is 0 Å². The van der Waals surface area contributed by atoms with Crippen molar-refractivity contribution in [1.29, 1.82) is 0 Å². The van der Waals surface area contributed by atoms with E-state index in [1.165, 1.54) is 0 Å². The molecule has 1 aromatic carbocycles. The van der Waals surface area contributed by atoms with E-state index in [1.54, 1.807) is 11.3 Å². The summed E-state index contributed by atoms with van der Waals surface area (Å²) >= 11 is 1.63. The minimum Gasteiger partial charge on any atom is -0.426 e. The van der Waals surface area contributed by atoms with E-state index in [0.717, 1.165) is 35.8 Å². The SMILES string of the molecule is O=C1Cc2ccc(CN3CCOC(c4nccs4)C3)cc2O1. The van der Waals surface area contributed by atoms with E-state index in [1.807, 2.05) is 23.7 Å². The van der Waals surface area contributed by atoms with Gasteiger partial charge in [0.2, 0.25) is 0 Å².